The molecular weight excluding hydrogens is 206 g/mol. The van der Waals surface area contributed by atoms with E-state index in [1.165, 1.54) is 0 Å². The molecule has 2 rings (SSSR count). The summed E-state index contributed by atoms with van der Waals surface area (Å²) in [7, 11) is 0. The molecule has 0 aliphatic carbocycles. The molecule has 0 aliphatic rings. The van der Waals surface area contributed by atoms with Crippen molar-refractivity contribution >= 4 is 17.2 Å². The van der Waals surface area contributed by atoms with Gasteiger partial charge in [0.05, 0.1) is 6.04 Å². The second-order valence-corrected chi connectivity index (χ2v) is 4.24. The van der Waals surface area contributed by atoms with E-state index in [9.17, 15) is 0 Å². The lowest BCUT2D eigenvalue weighted by Crippen LogP contribution is -2.15. The van der Waals surface area contributed by atoms with Crippen LogP contribution in [-0.2, 0) is 0 Å². The minimum absolute atomic E-state index is 0.176. The van der Waals surface area contributed by atoms with Gasteiger partial charge in [0.1, 0.15) is 5.82 Å². The molecular formula is C11H13N3S. The zero-order valence-electron chi connectivity index (χ0n) is 8.47. The number of aromatic nitrogens is 1. The molecule has 3 nitrogen and oxygen atoms in total. The van der Waals surface area contributed by atoms with Crippen LogP contribution in [0.1, 0.15) is 22.7 Å². The predicted octanol–water partition coefficient (Wildman–Crippen LogP) is 2.08. The van der Waals surface area contributed by atoms with Crippen LogP contribution in [0.5, 0.6) is 0 Å². The van der Waals surface area contributed by atoms with E-state index in [1.54, 1.807) is 17.5 Å². The molecule has 2 heterocycles. The normalized spacial score (nSPS) is 12.7. The van der Waals surface area contributed by atoms with Crippen LogP contribution >= 0.6 is 11.3 Å². The van der Waals surface area contributed by atoms with Crippen LogP contribution in [0.25, 0.3) is 0 Å². The summed E-state index contributed by atoms with van der Waals surface area (Å²) in [5.41, 5.74) is 15.1. The number of anilines is 1. The van der Waals surface area contributed by atoms with Crippen molar-refractivity contribution in [1.29, 1.82) is 0 Å². The number of pyridine rings is 1. The minimum Gasteiger partial charge on any atom is -0.383 e. The van der Waals surface area contributed by atoms with Crippen molar-refractivity contribution in [2.75, 3.05) is 5.73 Å². The highest BCUT2D eigenvalue weighted by molar-refractivity contribution is 7.08. The monoisotopic (exact) mass is 219 g/mol. The molecule has 1 atom stereocenters. The quantitative estimate of drug-likeness (QED) is 0.812. The van der Waals surface area contributed by atoms with Gasteiger partial charge in [-0.15, -0.1) is 0 Å². The van der Waals surface area contributed by atoms with Crippen molar-refractivity contribution in [3.8, 4) is 0 Å². The second kappa shape index (κ2) is 4.00. The van der Waals surface area contributed by atoms with Crippen LogP contribution in [0.15, 0.2) is 29.1 Å². The Morgan fingerprint density at radius 3 is 2.80 bits per heavy atom. The van der Waals surface area contributed by atoms with Gasteiger partial charge in [-0.3, -0.25) is 0 Å². The van der Waals surface area contributed by atoms with Crippen molar-refractivity contribution in [1.82, 2.24) is 4.98 Å². The summed E-state index contributed by atoms with van der Waals surface area (Å²) < 4.78 is 0. The molecule has 2 aromatic rings. The fourth-order valence-electron chi connectivity index (χ4n) is 1.61. The van der Waals surface area contributed by atoms with Crippen LogP contribution in [0.3, 0.4) is 0 Å². The number of aryl methyl sites for hydroxylation is 1. The van der Waals surface area contributed by atoms with E-state index >= 15 is 0 Å². The number of hydrogen-bond donors (Lipinski definition) is 2. The Labute approximate surface area is 92.8 Å². The van der Waals surface area contributed by atoms with E-state index in [0.717, 1.165) is 16.7 Å². The third-order valence-electron chi connectivity index (χ3n) is 2.45. The van der Waals surface area contributed by atoms with Gasteiger partial charge in [0.25, 0.3) is 0 Å². The first kappa shape index (κ1) is 10.1. The smallest absolute Gasteiger partial charge is 0.128 e. The van der Waals surface area contributed by atoms with Crippen LogP contribution in [0.2, 0.25) is 0 Å². The summed E-state index contributed by atoms with van der Waals surface area (Å²) in [5, 5.41) is 4.05. The van der Waals surface area contributed by atoms with Gasteiger partial charge in [-0.1, -0.05) is 0 Å². The van der Waals surface area contributed by atoms with E-state index in [2.05, 4.69) is 4.98 Å². The Morgan fingerprint density at radius 2 is 2.20 bits per heavy atom. The van der Waals surface area contributed by atoms with Crippen molar-refractivity contribution < 1.29 is 0 Å². The van der Waals surface area contributed by atoms with Crippen LogP contribution < -0.4 is 11.5 Å². The average Bonchev–Trinajstić information content (AvgIpc) is 2.69. The van der Waals surface area contributed by atoms with Gasteiger partial charge in [0, 0.05) is 11.8 Å². The molecule has 0 fully saturated rings. The molecule has 0 spiro atoms. The van der Waals surface area contributed by atoms with Gasteiger partial charge < -0.3 is 11.5 Å². The standard InChI is InChI=1S/C11H13N3S/c1-7-2-4-14-11(13)9(7)10(12)8-3-5-15-6-8/h2-6,10H,12H2,1H3,(H2,13,14). The van der Waals surface area contributed by atoms with E-state index in [1.807, 2.05) is 29.8 Å². The van der Waals surface area contributed by atoms with Crippen LogP contribution in [0, 0.1) is 6.92 Å². The molecule has 15 heavy (non-hydrogen) atoms. The van der Waals surface area contributed by atoms with E-state index in [0.29, 0.717) is 5.82 Å². The first-order valence-electron chi connectivity index (χ1n) is 4.69. The highest BCUT2D eigenvalue weighted by Gasteiger charge is 2.15. The molecule has 78 valence electrons. The Balaban J connectivity index is 2.46. The summed E-state index contributed by atoms with van der Waals surface area (Å²) in [4.78, 5) is 4.07. The molecule has 0 radical (unpaired) electrons. The van der Waals surface area contributed by atoms with Gasteiger partial charge in [0.2, 0.25) is 0 Å². The van der Waals surface area contributed by atoms with E-state index < -0.39 is 0 Å². The number of thiophene rings is 1. The third kappa shape index (κ3) is 1.86. The lowest BCUT2D eigenvalue weighted by Gasteiger charge is -2.15. The molecule has 4 heteroatoms. The van der Waals surface area contributed by atoms with Gasteiger partial charge >= 0.3 is 0 Å². The summed E-state index contributed by atoms with van der Waals surface area (Å²) in [5.74, 6) is 0.522. The van der Waals surface area contributed by atoms with Gasteiger partial charge in [-0.2, -0.15) is 11.3 Å². The molecule has 4 N–H and O–H groups in total. The average molecular weight is 219 g/mol. The van der Waals surface area contributed by atoms with E-state index in [4.69, 9.17) is 11.5 Å². The largest absolute Gasteiger partial charge is 0.383 e. The first-order chi connectivity index (χ1) is 7.20. The lowest BCUT2D eigenvalue weighted by atomic mass is 9.99. The van der Waals surface area contributed by atoms with Crippen LogP contribution in [-0.4, -0.2) is 4.98 Å². The molecule has 1 unspecified atom stereocenters. The SMILES string of the molecule is Cc1ccnc(N)c1C(N)c1ccsc1. The predicted molar refractivity (Wildman–Crippen MR) is 63.7 cm³/mol. The van der Waals surface area contributed by atoms with Crippen LogP contribution in [0.4, 0.5) is 5.82 Å². The summed E-state index contributed by atoms with van der Waals surface area (Å²) >= 11 is 1.63. The zero-order valence-corrected chi connectivity index (χ0v) is 9.29. The maximum Gasteiger partial charge on any atom is 0.128 e. The molecule has 0 aliphatic heterocycles. The van der Waals surface area contributed by atoms with Crippen molar-refractivity contribution in [2.24, 2.45) is 5.73 Å². The first-order valence-corrected chi connectivity index (χ1v) is 5.63. The Bertz CT molecular complexity index is 431. The maximum atomic E-state index is 6.15. The van der Waals surface area contributed by atoms with Crippen molar-refractivity contribution in [2.45, 2.75) is 13.0 Å². The number of nitrogens with two attached hydrogens (primary N) is 2. The van der Waals surface area contributed by atoms with Crippen molar-refractivity contribution in [3.05, 3.63) is 45.8 Å². The molecule has 0 amide bonds. The Kier molecular flexibility index (Phi) is 2.70. The number of nitrogen functional groups attached to an aromatic ring is 1. The summed E-state index contributed by atoms with van der Waals surface area (Å²) in [6, 6.07) is 3.77. The summed E-state index contributed by atoms with van der Waals surface area (Å²) in [6.45, 7) is 2.00. The summed E-state index contributed by atoms with van der Waals surface area (Å²) in [6.07, 6.45) is 1.70. The topological polar surface area (TPSA) is 64.9 Å². The molecule has 0 bridgehead atoms. The zero-order chi connectivity index (χ0) is 10.8. The van der Waals surface area contributed by atoms with Gasteiger partial charge in [0.15, 0.2) is 0 Å². The highest BCUT2D eigenvalue weighted by atomic mass is 32.1. The second-order valence-electron chi connectivity index (χ2n) is 3.46. The minimum atomic E-state index is -0.176. The molecule has 0 aromatic carbocycles. The maximum absolute atomic E-state index is 6.15. The third-order valence-corrected chi connectivity index (χ3v) is 3.15. The highest BCUT2D eigenvalue weighted by Crippen LogP contribution is 2.27. The number of hydrogen-bond acceptors (Lipinski definition) is 4. The lowest BCUT2D eigenvalue weighted by molar-refractivity contribution is 0.862. The number of rotatable bonds is 2. The number of nitrogens with zero attached hydrogens (tertiary/aromatic N) is 1. The van der Waals surface area contributed by atoms with Crippen molar-refractivity contribution in [3.63, 3.8) is 0 Å². The van der Waals surface area contributed by atoms with Gasteiger partial charge in [-0.25, -0.2) is 4.98 Å². The van der Waals surface area contributed by atoms with E-state index in [-0.39, 0.29) is 6.04 Å². The molecule has 2 aromatic heterocycles. The molecule has 0 saturated heterocycles. The fourth-order valence-corrected chi connectivity index (χ4v) is 2.31. The Morgan fingerprint density at radius 1 is 1.40 bits per heavy atom. The fraction of sp³-hybridized carbons (Fsp3) is 0.182. The molecule has 0 saturated carbocycles. The van der Waals surface area contributed by atoms with Gasteiger partial charge in [-0.05, 0) is 40.9 Å². The Hall–Kier alpha value is -1.39.